The molecule has 2 heterocycles. The molecule has 2 aromatic heterocycles. The largest absolute Gasteiger partial charge is 0.379 e. The Hall–Kier alpha value is -3.32. The Kier molecular flexibility index (Phi) is 6.64. The van der Waals surface area contributed by atoms with Gasteiger partial charge in [0.2, 0.25) is 0 Å². The normalized spacial score (nSPS) is 12.6. The number of rotatable bonds is 7. The highest BCUT2D eigenvalue weighted by molar-refractivity contribution is 7.87. The van der Waals surface area contributed by atoms with Crippen LogP contribution in [0.3, 0.4) is 0 Å². The summed E-state index contributed by atoms with van der Waals surface area (Å²) in [7, 11) is -3.96. The summed E-state index contributed by atoms with van der Waals surface area (Å²) >= 11 is 0. The SMILES string of the molecule is Cc1ccc(S(=O)(=O)Oc2cccc(-c3nc4c(C)cccn4c3NC(C)(C)CC(C)(C)C)c2)cc1. The van der Waals surface area contributed by atoms with E-state index in [4.69, 9.17) is 9.17 Å². The van der Waals surface area contributed by atoms with Crippen molar-refractivity contribution in [2.24, 2.45) is 5.41 Å². The number of hydrogen-bond donors (Lipinski definition) is 1. The molecule has 0 spiro atoms. The third-order valence-corrected chi connectivity index (χ3v) is 7.16. The summed E-state index contributed by atoms with van der Waals surface area (Å²) < 4.78 is 33.3. The van der Waals surface area contributed by atoms with Crippen LogP contribution < -0.4 is 9.50 Å². The molecule has 6 nitrogen and oxygen atoms in total. The first-order valence-electron chi connectivity index (χ1n) is 12.1. The van der Waals surface area contributed by atoms with Crippen LogP contribution in [-0.4, -0.2) is 23.3 Å². The topological polar surface area (TPSA) is 72.7 Å². The first-order valence-corrected chi connectivity index (χ1v) is 13.5. The van der Waals surface area contributed by atoms with E-state index in [9.17, 15) is 8.42 Å². The van der Waals surface area contributed by atoms with Crippen LogP contribution in [0.2, 0.25) is 0 Å². The number of hydrogen-bond acceptors (Lipinski definition) is 5. The van der Waals surface area contributed by atoms with Gasteiger partial charge in [-0.05, 0) is 75.4 Å². The molecule has 0 fully saturated rings. The van der Waals surface area contributed by atoms with Crippen LogP contribution in [0.4, 0.5) is 5.82 Å². The van der Waals surface area contributed by atoms with E-state index in [1.165, 1.54) is 0 Å². The average molecular weight is 506 g/mol. The predicted molar refractivity (Wildman–Crippen MR) is 146 cm³/mol. The number of pyridine rings is 1. The van der Waals surface area contributed by atoms with Crippen molar-refractivity contribution in [1.29, 1.82) is 0 Å². The van der Waals surface area contributed by atoms with Gasteiger partial charge in [0.15, 0.2) is 0 Å². The van der Waals surface area contributed by atoms with E-state index in [1.54, 1.807) is 42.5 Å². The van der Waals surface area contributed by atoms with Gasteiger partial charge in [-0.1, -0.05) is 56.7 Å². The fraction of sp³-hybridized carbons (Fsp3) is 0.345. The molecule has 36 heavy (non-hydrogen) atoms. The maximum absolute atomic E-state index is 12.9. The van der Waals surface area contributed by atoms with Gasteiger partial charge in [-0.25, -0.2) is 4.98 Å². The summed E-state index contributed by atoms with van der Waals surface area (Å²) in [6.07, 6.45) is 2.94. The minimum absolute atomic E-state index is 0.119. The average Bonchev–Trinajstić information content (AvgIpc) is 3.11. The third-order valence-electron chi connectivity index (χ3n) is 5.90. The molecular formula is C29H35N3O3S. The number of aryl methyl sites for hydroxylation is 2. The van der Waals surface area contributed by atoms with Crippen LogP contribution in [0.1, 0.15) is 52.2 Å². The molecule has 0 radical (unpaired) electrons. The van der Waals surface area contributed by atoms with Crippen LogP contribution in [0.5, 0.6) is 5.75 Å². The number of aromatic nitrogens is 2. The Labute approximate surface area is 214 Å². The monoisotopic (exact) mass is 505 g/mol. The first-order chi connectivity index (χ1) is 16.7. The van der Waals surface area contributed by atoms with Crippen molar-refractivity contribution in [3.63, 3.8) is 0 Å². The van der Waals surface area contributed by atoms with Crippen LogP contribution in [0, 0.1) is 19.3 Å². The minimum Gasteiger partial charge on any atom is -0.379 e. The predicted octanol–water partition coefficient (Wildman–Crippen LogP) is 7.01. The fourth-order valence-corrected chi connectivity index (χ4v) is 5.71. The Bertz CT molecular complexity index is 1500. The van der Waals surface area contributed by atoms with E-state index in [1.807, 2.05) is 38.2 Å². The Morgan fingerprint density at radius 2 is 1.64 bits per heavy atom. The van der Waals surface area contributed by atoms with Gasteiger partial charge in [0, 0.05) is 17.3 Å². The summed E-state index contributed by atoms with van der Waals surface area (Å²) in [5, 5.41) is 3.73. The number of anilines is 1. The molecule has 0 saturated heterocycles. The first kappa shape index (κ1) is 25.8. The Morgan fingerprint density at radius 1 is 0.944 bits per heavy atom. The van der Waals surface area contributed by atoms with E-state index in [2.05, 4.69) is 44.3 Å². The summed E-state index contributed by atoms with van der Waals surface area (Å²) in [4.78, 5) is 5.08. The van der Waals surface area contributed by atoms with Gasteiger partial charge in [0.05, 0.1) is 0 Å². The molecule has 0 saturated carbocycles. The molecule has 4 rings (SSSR count). The number of nitrogens with one attached hydrogen (secondary N) is 1. The van der Waals surface area contributed by atoms with Crippen molar-refractivity contribution in [3.05, 3.63) is 78.0 Å². The highest BCUT2D eigenvalue weighted by Gasteiger charge is 2.28. The van der Waals surface area contributed by atoms with E-state index in [0.29, 0.717) is 0 Å². The molecule has 7 heteroatoms. The van der Waals surface area contributed by atoms with E-state index in [0.717, 1.165) is 40.3 Å². The Balaban J connectivity index is 1.76. The van der Waals surface area contributed by atoms with Crippen molar-refractivity contribution in [1.82, 2.24) is 9.38 Å². The third kappa shape index (κ3) is 5.73. The Morgan fingerprint density at radius 3 is 2.31 bits per heavy atom. The highest BCUT2D eigenvalue weighted by atomic mass is 32.2. The lowest BCUT2D eigenvalue weighted by molar-refractivity contribution is 0.302. The van der Waals surface area contributed by atoms with Crippen molar-refractivity contribution < 1.29 is 12.6 Å². The fourth-order valence-electron chi connectivity index (χ4n) is 4.79. The van der Waals surface area contributed by atoms with E-state index in [-0.39, 0.29) is 21.6 Å². The quantitative estimate of drug-likeness (QED) is 0.273. The molecule has 0 bridgehead atoms. The lowest BCUT2D eigenvalue weighted by Gasteiger charge is -2.34. The molecular weight excluding hydrogens is 470 g/mol. The number of imidazole rings is 1. The molecule has 0 aliphatic rings. The zero-order valence-corrected chi connectivity index (χ0v) is 22.9. The molecule has 0 amide bonds. The van der Waals surface area contributed by atoms with Crippen LogP contribution in [-0.2, 0) is 10.1 Å². The van der Waals surface area contributed by atoms with Crippen LogP contribution >= 0.6 is 0 Å². The van der Waals surface area contributed by atoms with Gasteiger partial charge in [-0.2, -0.15) is 8.42 Å². The van der Waals surface area contributed by atoms with Gasteiger partial charge < -0.3 is 9.50 Å². The van der Waals surface area contributed by atoms with Gasteiger partial charge in [0.1, 0.15) is 27.8 Å². The summed E-state index contributed by atoms with van der Waals surface area (Å²) in [5.41, 5.74) is 4.30. The van der Waals surface area contributed by atoms with Crippen molar-refractivity contribution in [2.45, 2.75) is 65.3 Å². The minimum atomic E-state index is -3.96. The van der Waals surface area contributed by atoms with E-state index >= 15 is 0 Å². The lowest BCUT2D eigenvalue weighted by atomic mass is 9.82. The highest BCUT2D eigenvalue weighted by Crippen LogP contribution is 2.36. The van der Waals surface area contributed by atoms with Gasteiger partial charge in [0.25, 0.3) is 0 Å². The van der Waals surface area contributed by atoms with Gasteiger partial charge >= 0.3 is 10.1 Å². The number of benzene rings is 2. The summed E-state index contributed by atoms with van der Waals surface area (Å²) in [5.74, 6) is 1.10. The van der Waals surface area contributed by atoms with Crippen LogP contribution in [0.15, 0.2) is 71.8 Å². The zero-order valence-electron chi connectivity index (χ0n) is 22.1. The van der Waals surface area contributed by atoms with E-state index < -0.39 is 10.1 Å². The van der Waals surface area contributed by atoms with Gasteiger partial charge in [-0.15, -0.1) is 0 Å². The summed E-state index contributed by atoms with van der Waals surface area (Å²) in [6, 6.07) is 17.7. The molecule has 4 aromatic rings. The number of fused-ring (bicyclic) bond motifs is 1. The maximum atomic E-state index is 12.9. The smallest absolute Gasteiger partial charge is 0.339 e. The molecule has 0 unspecified atom stereocenters. The molecule has 0 aliphatic carbocycles. The second-order valence-corrected chi connectivity index (χ2v) is 12.9. The summed E-state index contributed by atoms with van der Waals surface area (Å²) in [6.45, 7) is 15.0. The molecule has 0 aliphatic heterocycles. The standard InChI is InChI=1S/C29H35N3O3S/c1-20-13-15-24(16-14-20)36(33,34)35-23-12-8-11-22(18-23)25-27(31-29(6,7)19-28(3,4)5)32-17-9-10-21(2)26(32)30-25/h8-18,31H,19H2,1-7H3. The second-order valence-electron chi connectivity index (χ2n) is 11.3. The van der Waals surface area contributed by atoms with Crippen molar-refractivity contribution >= 4 is 21.6 Å². The molecule has 1 N–H and O–H groups in total. The van der Waals surface area contributed by atoms with Crippen molar-refractivity contribution in [2.75, 3.05) is 5.32 Å². The molecule has 0 atom stereocenters. The zero-order chi connectivity index (χ0) is 26.3. The maximum Gasteiger partial charge on any atom is 0.339 e. The lowest BCUT2D eigenvalue weighted by Crippen LogP contribution is -2.36. The van der Waals surface area contributed by atoms with Crippen molar-refractivity contribution in [3.8, 4) is 17.0 Å². The number of nitrogens with zero attached hydrogens (tertiary/aromatic N) is 2. The second kappa shape index (κ2) is 9.28. The van der Waals surface area contributed by atoms with Crippen LogP contribution in [0.25, 0.3) is 16.9 Å². The molecule has 190 valence electrons. The van der Waals surface area contributed by atoms with Gasteiger partial charge in [-0.3, -0.25) is 4.40 Å². The molecule has 2 aromatic carbocycles.